The number of ether oxygens (including phenoxy) is 1. The van der Waals surface area contributed by atoms with Gasteiger partial charge in [0.15, 0.2) is 0 Å². The lowest BCUT2D eigenvalue weighted by molar-refractivity contribution is 0.482. The van der Waals surface area contributed by atoms with Crippen molar-refractivity contribution >= 4 is 10.2 Å². The summed E-state index contributed by atoms with van der Waals surface area (Å²) >= 11 is 0. The molecule has 0 atom stereocenters. The molecule has 0 radical (unpaired) electrons. The van der Waals surface area contributed by atoms with Gasteiger partial charge >= 0.3 is 0 Å². The first-order valence-corrected chi connectivity index (χ1v) is 6.37. The Labute approximate surface area is 99.8 Å². The van der Waals surface area contributed by atoms with Crippen LogP contribution in [0, 0.1) is 0 Å². The summed E-state index contributed by atoms with van der Waals surface area (Å²) in [5.74, 6) is 1.74. The molecule has 0 amide bonds. The molecule has 2 rings (SSSR count). The third-order valence-electron chi connectivity index (χ3n) is 1.72. The summed E-state index contributed by atoms with van der Waals surface area (Å²) < 4.78 is 5.58. The van der Waals surface area contributed by atoms with Crippen LogP contribution >= 0.6 is 0 Å². The van der Waals surface area contributed by atoms with Crippen molar-refractivity contribution in [3.8, 4) is 11.5 Å². The number of rotatable bonds is 2. The molecular formula is C14H16OSi. The van der Waals surface area contributed by atoms with E-state index < -0.39 is 0 Å². The summed E-state index contributed by atoms with van der Waals surface area (Å²) in [6, 6.07) is 19.5. The molecule has 16 heavy (non-hydrogen) atoms. The molecule has 0 heterocycles. The summed E-state index contributed by atoms with van der Waals surface area (Å²) in [6.45, 7) is 3.42. The molecule has 0 aliphatic heterocycles. The van der Waals surface area contributed by atoms with E-state index in [4.69, 9.17) is 4.74 Å². The summed E-state index contributed by atoms with van der Waals surface area (Å²) in [5.41, 5.74) is 1.89. The van der Waals surface area contributed by atoms with Gasteiger partial charge in [0.2, 0.25) is 0 Å². The fourth-order valence-electron chi connectivity index (χ4n) is 1.11. The third kappa shape index (κ3) is 4.62. The predicted molar refractivity (Wildman–Crippen MR) is 73.1 cm³/mol. The van der Waals surface area contributed by atoms with Gasteiger partial charge in [0.05, 0.1) is 0 Å². The van der Waals surface area contributed by atoms with E-state index in [0.717, 1.165) is 21.7 Å². The molecule has 2 heteroatoms. The van der Waals surface area contributed by atoms with Gasteiger partial charge in [-0.15, -0.1) is 12.3 Å². The van der Waals surface area contributed by atoms with Crippen molar-refractivity contribution in [3.05, 3.63) is 72.9 Å². The summed E-state index contributed by atoms with van der Waals surface area (Å²) in [5, 5.41) is 0. The average Bonchev–Trinajstić information content (AvgIpc) is 2.33. The van der Waals surface area contributed by atoms with Crippen molar-refractivity contribution in [2.75, 3.05) is 0 Å². The van der Waals surface area contributed by atoms with Gasteiger partial charge in [0, 0.05) is 10.2 Å². The Hall–Kier alpha value is -1.80. The quantitative estimate of drug-likeness (QED) is 0.718. The number of benzene rings is 2. The van der Waals surface area contributed by atoms with Crippen LogP contribution in [0.4, 0.5) is 0 Å². The molecular weight excluding hydrogens is 212 g/mol. The Balaban J connectivity index is 0.000000386. The number of para-hydroxylation sites is 2. The summed E-state index contributed by atoms with van der Waals surface area (Å²) in [6.07, 6.45) is 0. The Kier molecular flexibility index (Phi) is 5.74. The average molecular weight is 228 g/mol. The van der Waals surface area contributed by atoms with Crippen LogP contribution in [0.2, 0.25) is 0 Å². The lowest BCUT2D eigenvalue weighted by Gasteiger charge is -2.03. The van der Waals surface area contributed by atoms with Crippen LogP contribution in [0.1, 0.15) is 0 Å². The fraction of sp³-hybridized carbons (Fsp3) is 0. The fourth-order valence-corrected chi connectivity index (χ4v) is 1.11. The minimum absolute atomic E-state index is 0.869. The van der Waals surface area contributed by atoms with Crippen LogP contribution in [0.25, 0.3) is 0 Å². The van der Waals surface area contributed by atoms with E-state index in [1.54, 1.807) is 0 Å². The topological polar surface area (TPSA) is 9.23 Å². The molecule has 0 aliphatic carbocycles. The maximum absolute atomic E-state index is 5.58. The molecule has 0 aliphatic rings. The van der Waals surface area contributed by atoms with E-state index in [1.165, 1.54) is 0 Å². The van der Waals surface area contributed by atoms with E-state index in [-0.39, 0.29) is 0 Å². The van der Waals surface area contributed by atoms with E-state index in [9.17, 15) is 0 Å². The predicted octanol–water partition coefficient (Wildman–Crippen LogP) is 2.97. The highest BCUT2D eigenvalue weighted by Gasteiger charge is 1.92. The highest BCUT2D eigenvalue weighted by atomic mass is 28.1. The van der Waals surface area contributed by atoms with Crippen molar-refractivity contribution in [1.82, 2.24) is 0 Å². The maximum Gasteiger partial charge on any atom is 0.127 e. The zero-order valence-electron chi connectivity index (χ0n) is 9.47. The Morgan fingerprint density at radius 2 is 1.12 bits per heavy atom. The summed E-state index contributed by atoms with van der Waals surface area (Å²) in [4.78, 5) is 0. The van der Waals surface area contributed by atoms with Crippen LogP contribution in [0.15, 0.2) is 72.9 Å². The van der Waals surface area contributed by atoms with Gasteiger partial charge < -0.3 is 4.74 Å². The zero-order valence-corrected chi connectivity index (χ0v) is 11.5. The standard InChI is InChI=1S/C12H10O.C2H6Si/c1-3-7-11(8-4-1)13-12-9-5-2-6-10-12;1-2-3/h1-10H;2H,1H2,3H3. The molecule has 0 bridgehead atoms. The Morgan fingerprint density at radius 1 is 0.812 bits per heavy atom. The molecule has 82 valence electrons. The molecule has 0 saturated heterocycles. The van der Waals surface area contributed by atoms with Crippen LogP contribution in [0.5, 0.6) is 11.5 Å². The van der Waals surface area contributed by atoms with Gasteiger partial charge in [-0.05, 0) is 24.3 Å². The van der Waals surface area contributed by atoms with Gasteiger partial charge in [0.25, 0.3) is 0 Å². The van der Waals surface area contributed by atoms with E-state index in [2.05, 4.69) is 6.58 Å². The Bertz CT molecular complexity index is 360. The van der Waals surface area contributed by atoms with E-state index in [1.807, 2.05) is 66.4 Å². The second-order valence-corrected chi connectivity index (χ2v) is 3.95. The van der Waals surface area contributed by atoms with Crippen LogP contribution in [-0.2, 0) is 0 Å². The maximum atomic E-state index is 5.58. The lowest BCUT2D eigenvalue weighted by Crippen LogP contribution is -1.81. The molecule has 0 spiro atoms. The van der Waals surface area contributed by atoms with Crippen LogP contribution in [0.3, 0.4) is 0 Å². The molecule has 2 aromatic carbocycles. The van der Waals surface area contributed by atoms with Crippen molar-refractivity contribution < 1.29 is 4.74 Å². The Morgan fingerprint density at radius 3 is 1.44 bits per heavy atom. The first kappa shape index (κ1) is 12.3. The van der Waals surface area contributed by atoms with Crippen LogP contribution < -0.4 is 4.74 Å². The van der Waals surface area contributed by atoms with Crippen molar-refractivity contribution in [1.29, 1.82) is 0 Å². The first-order valence-electron chi connectivity index (χ1n) is 5.22. The smallest absolute Gasteiger partial charge is 0.127 e. The van der Waals surface area contributed by atoms with Crippen molar-refractivity contribution in [2.45, 2.75) is 0 Å². The monoisotopic (exact) mass is 228 g/mol. The minimum atomic E-state index is 0.869. The first-order chi connectivity index (χ1) is 7.86. The largest absolute Gasteiger partial charge is 0.457 e. The third-order valence-corrected chi connectivity index (χ3v) is 1.72. The van der Waals surface area contributed by atoms with E-state index in [0.29, 0.717) is 0 Å². The molecule has 0 fully saturated rings. The van der Waals surface area contributed by atoms with Gasteiger partial charge in [-0.25, -0.2) is 0 Å². The highest BCUT2D eigenvalue weighted by Crippen LogP contribution is 2.19. The van der Waals surface area contributed by atoms with Crippen LogP contribution in [-0.4, -0.2) is 10.2 Å². The molecule has 0 aromatic heterocycles. The molecule has 1 nitrogen and oxygen atoms in total. The SMILES string of the molecule is C=C[SiH3].c1ccc(Oc2ccccc2)cc1. The molecule has 0 saturated carbocycles. The second-order valence-electron chi connectivity index (χ2n) is 3.14. The molecule has 0 unspecified atom stereocenters. The van der Waals surface area contributed by atoms with Crippen molar-refractivity contribution in [3.63, 3.8) is 0 Å². The van der Waals surface area contributed by atoms with Gasteiger partial charge in [0.1, 0.15) is 11.5 Å². The van der Waals surface area contributed by atoms with Crippen molar-refractivity contribution in [2.24, 2.45) is 0 Å². The highest BCUT2D eigenvalue weighted by molar-refractivity contribution is 6.16. The van der Waals surface area contributed by atoms with Gasteiger partial charge in [-0.1, -0.05) is 36.4 Å². The van der Waals surface area contributed by atoms with Gasteiger partial charge in [-0.2, -0.15) is 0 Å². The molecule has 0 N–H and O–H groups in total. The van der Waals surface area contributed by atoms with E-state index >= 15 is 0 Å². The zero-order chi connectivity index (χ0) is 11.6. The second kappa shape index (κ2) is 7.48. The number of hydrogen-bond donors (Lipinski definition) is 0. The normalized spacial score (nSPS) is 8.75. The number of hydrogen-bond acceptors (Lipinski definition) is 1. The minimum Gasteiger partial charge on any atom is -0.457 e. The van der Waals surface area contributed by atoms with Gasteiger partial charge in [-0.3, -0.25) is 0 Å². The molecule has 2 aromatic rings. The lowest BCUT2D eigenvalue weighted by atomic mass is 10.3. The summed E-state index contributed by atoms with van der Waals surface area (Å²) in [7, 11) is 1.13.